The predicted molar refractivity (Wildman–Crippen MR) is 53.7 cm³/mol. The zero-order chi connectivity index (χ0) is 10.1. The van der Waals surface area contributed by atoms with E-state index in [4.69, 9.17) is 25.8 Å². The van der Waals surface area contributed by atoms with Gasteiger partial charge in [-0.25, -0.2) is 0 Å². The van der Waals surface area contributed by atoms with E-state index in [1.807, 2.05) is 0 Å². The first-order chi connectivity index (χ1) is 6.77. The van der Waals surface area contributed by atoms with E-state index in [0.717, 1.165) is 5.69 Å². The summed E-state index contributed by atoms with van der Waals surface area (Å²) in [6, 6.07) is 1.74. The highest BCUT2D eigenvalue weighted by Gasteiger charge is 2.24. The second kappa shape index (κ2) is 3.46. The van der Waals surface area contributed by atoms with Crippen molar-refractivity contribution >= 4 is 17.3 Å². The summed E-state index contributed by atoms with van der Waals surface area (Å²) >= 11 is 5.98. The van der Waals surface area contributed by atoms with E-state index in [1.54, 1.807) is 20.2 Å². The first-order valence-electron chi connectivity index (χ1n) is 4.11. The fraction of sp³-hybridized carbons (Fsp3) is 0.333. The van der Waals surface area contributed by atoms with E-state index in [1.165, 1.54) is 0 Å². The van der Waals surface area contributed by atoms with Gasteiger partial charge in [-0.1, -0.05) is 11.6 Å². The van der Waals surface area contributed by atoms with Crippen molar-refractivity contribution in [1.82, 2.24) is 0 Å². The summed E-state index contributed by atoms with van der Waals surface area (Å²) in [4.78, 5) is 0. The lowest BCUT2D eigenvalue weighted by Gasteiger charge is -2.11. The summed E-state index contributed by atoms with van der Waals surface area (Å²) in [5.74, 6) is 1.72. The zero-order valence-electron chi connectivity index (χ0n) is 7.89. The number of rotatable bonds is 2. The highest BCUT2D eigenvalue weighted by atomic mass is 35.5. The molecule has 1 N–H and O–H groups in total. The van der Waals surface area contributed by atoms with Crippen LogP contribution in [-0.4, -0.2) is 21.0 Å². The van der Waals surface area contributed by atoms with Gasteiger partial charge in [0, 0.05) is 7.05 Å². The molecule has 0 saturated heterocycles. The van der Waals surface area contributed by atoms with E-state index >= 15 is 0 Å². The van der Waals surface area contributed by atoms with Crippen LogP contribution in [-0.2, 0) is 0 Å². The molecule has 1 aromatic rings. The molecular formula is C9H10ClNO3. The van der Waals surface area contributed by atoms with Gasteiger partial charge in [0.25, 0.3) is 0 Å². The van der Waals surface area contributed by atoms with Crippen LogP contribution in [0.3, 0.4) is 0 Å². The number of nitrogens with one attached hydrogen (secondary N) is 1. The Morgan fingerprint density at radius 1 is 1.43 bits per heavy atom. The molecule has 0 radical (unpaired) electrons. The topological polar surface area (TPSA) is 39.7 Å². The Bertz CT molecular complexity index is 368. The van der Waals surface area contributed by atoms with Crippen LogP contribution in [0.25, 0.3) is 0 Å². The molecule has 5 heteroatoms. The van der Waals surface area contributed by atoms with Crippen LogP contribution < -0.4 is 19.5 Å². The van der Waals surface area contributed by atoms with Gasteiger partial charge in [-0.15, -0.1) is 0 Å². The van der Waals surface area contributed by atoms with Crippen LogP contribution in [0.2, 0.25) is 5.02 Å². The summed E-state index contributed by atoms with van der Waals surface area (Å²) in [5.41, 5.74) is 0.779. The van der Waals surface area contributed by atoms with Gasteiger partial charge in [0.1, 0.15) is 0 Å². The Balaban J connectivity index is 2.62. The number of anilines is 1. The first-order valence-corrected chi connectivity index (χ1v) is 4.49. The van der Waals surface area contributed by atoms with Gasteiger partial charge in [0.15, 0.2) is 11.5 Å². The van der Waals surface area contributed by atoms with Gasteiger partial charge in [-0.05, 0) is 6.07 Å². The second-order valence-electron chi connectivity index (χ2n) is 2.75. The van der Waals surface area contributed by atoms with Crippen molar-refractivity contribution in [3.8, 4) is 17.2 Å². The number of methoxy groups -OCH3 is 1. The largest absolute Gasteiger partial charge is 0.491 e. The van der Waals surface area contributed by atoms with Crippen LogP contribution in [0.15, 0.2) is 6.07 Å². The van der Waals surface area contributed by atoms with E-state index in [2.05, 4.69) is 5.32 Å². The fourth-order valence-electron chi connectivity index (χ4n) is 1.39. The Hall–Kier alpha value is -1.29. The van der Waals surface area contributed by atoms with Crippen molar-refractivity contribution in [2.24, 2.45) is 0 Å². The monoisotopic (exact) mass is 215 g/mol. The molecule has 1 aromatic carbocycles. The van der Waals surface area contributed by atoms with Gasteiger partial charge in [-0.3, -0.25) is 0 Å². The number of fused-ring (bicyclic) bond motifs is 1. The smallest absolute Gasteiger partial charge is 0.231 e. The zero-order valence-corrected chi connectivity index (χ0v) is 8.64. The van der Waals surface area contributed by atoms with Gasteiger partial charge < -0.3 is 19.5 Å². The van der Waals surface area contributed by atoms with Crippen LogP contribution in [0.4, 0.5) is 5.69 Å². The summed E-state index contributed by atoms with van der Waals surface area (Å²) in [7, 11) is 3.36. The number of benzene rings is 1. The minimum Gasteiger partial charge on any atom is -0.491 e. The molecule has 0 atom stereocenters. The highest BCUT2D eigenvalue weighted by Crippen LogP contribution is 2.49. The van der Waals surface area contributed by atoms with Crippen LogP contribution >= 0.6 is 11.6 Å². The SMILES string of the molecule is CNc1cc(Cl)c2c(c1OC)OCO2. The molecule has 0 spiro atoms. The molecule has 1 aliphatic rings. The molecule has 76 valence electrons. The van der Waals surface area contributed by atoms with Crippen molar-refractivity contribution in [3.63, 3.8) is 0 Å². The summed E-state index contributed by atoms with van der Waals surface area (Å²) in [6.07, 6.45) is 0. The Morgan fingerprint density at radius 2 is 2.14 bits per heavy atom. The van der Waals surface area contributed by atoms with Gasteiger partial charge >= 0.3 is 0 Å². The lowest BCUT2D eigenvalue weighted by molar-refractivity contribution is 0.171. The third-order valence-corrected chi connectivity index (χ3v) is 2.31. The van der Waals surface area contributed by atoms with Crippen molar-refractivity contribution in [3.05, 3.63) is 11.1 Å². The van der Waals surface area contributed by atoms with E-state index in [9.17, 15) is 0 Å². The lowest BCUT2D eigenvalue weighted by atomic mass is 10.2. The van der Waals surface area contributed by atoms with Crippen LogP contribution in [0.5, 0.6) is 17.2 Å². The molecule has 0 fully saturated rings. The molecule has 0 bridgehead atoms. The molecule has 4 nitrogen and oxygen atoms in total. The Labute approximate surface area is 86.7 Å². The molecule has 0 unspecified atom stereocenters. The summed E-state index contributed by atoms with van der Waals surface area (Å²) in [6.45, 7) is 0.179. The highest BCUT2D eigenvalue weighted by molar-refractivity contribution is 6.32. The average Bonchev–Trinajstić information content (AvgIpc) is 2.66. The molecule has 1 aliphatic heterocycles. The molecule has 0 aromatic heterocycles. The normalized spacial score (nSPS) is 12.8. The third kappa shape index (κ3) is 1.23. The number of ether oxygens (including phenoxy) is 3. The summed E-state index contributed by atoms with van der Waals surface area (Å²) < 4.78 is 15.7. The molecule has 1 heterocycles. The summed E-state index contributed by atoms with van der Waals surface area (Å²) in [5, 5.41) is 3.49. The maximum absolute atomic E-state index is 5.98. The van der Waals surface area contributed by atoms with E-state index in [-0.39, 0.29) is 6.79 Å². The standard InChI is InChI=1S/C9H10ClNO3/c1-11-6-3-5(10)7-9(8(6)12-2)14-4-13-7/h3,11H,4H2,1-2H3. The first kappa shape index (κ1) is 9.27. The molecular weight excluding hydrogens is 206 g/mol. The fourth-order valence-corrected chi connectivity index (χ4v) is 1.64. The van der Waals surface area contributed by atoms with Crippen LogP contribution in [0.1, 0.15) is 0 Å². The van der Waals surface area contributed by atoms with E-state index in [0.29, 0.717) is 22.3 Å². The van der Waals surface area contributed by atoms with Crippen LogP contribution in [0, 0.1) is 0 Å². The quantitative estimate of drug-likeness (QED) is 0.821. The second-order valence-corrected chi connectivity index (χ2v) is 3.16. The minimum atomic E-state index is 0.179. The predicted octanol–water partition coefficient (Wildman–Crippen LogP) is 2.12. The number of hydrogen-bond acceptors (Lipinski definition) is 4. The van der Waals surface area contributed by atoms with Crippen molar-refractivity contribution in [2.45, 2.75) is 0 Å². The Kier molecular flexibility index (Phi) is 2.29. The maximum Gasteiger partial charge on any atom is 0.231 e. The lowest BCUT2D eigenvalue weighted by Crippen LogP contribution is -1.96. The molecule has 14 heavy (non-hydrogen) atoms. The maximum atomic E-state index is 5.98. The minimum absolute atomic E-state index is 0.179. The van der Waals surface area contributed by atoms with Gasteiger partial charge in [-0.2, -0.15) is 0 Å². The number of hydrogen-bond donors (Lipinski definition) is 1. The molecule has 2 rings (SSSR count). The van der Waals surface area contributed by atoms with Crippen molar-refractivity contribution < 1.29 is 14.2 Å². The van der Waals surface area contributed by atoms with Gasteiger partial charge in [0.2, 0.25) is 12.5 Å². The van der Waals surface area contributed by atoms with Crippen molar-refractivity contribution in [2.75, 3.05) is 26.3 Å². The Morgan fingerprint density at radius 3 is 2.79 bits per heavy atom. The van der Waals surface area contributed by atoms with Gasteiger partial charge in [0.05, 0.1) is 17.8 Å². The molecule has 0 aliphatic carbocycles. The van der Waals surface area contributed by atoms with E-state index < -0.39 is 0 Å². The molecule has 0 saturated carbocycles. The average molecular weight is 216 g/mol. The van der Waals surface area contributed by atoms with Crippen molar-refractivity contribution in [1.29, 1.82) is 0 Å². The number of halogens is 1. The molecule has 0 amide bonds. The third-order valence-electron chi connectivity index (χ3n) is 2.03.